The van der Waals surface area contributed by atoms with Crippen LogP contribution in [-0.4, -0.2) is 34.2 Å². The Morgan fingerprint density at radius 2 is 2.14 bits per heavy atom. The Morgan fingerprint density at radius 3 is 2.73 bits per heavy atom. The lowest BCUT2D eigenvalue weighted by molar-refractivity contribution is -0.121. The van der Waals surface area contributed by atoms with E-state index >= 15 is 0 Å². The van der Waals surface area contributed by atoms with Crippen LogP contribution in [0.4, 0.5) is 0 Å². The third-order valence-electron chi connectivity index (χ3n) is 3.50. The van der Waals surface area contributed by atoms with Crippen molar-refractivity contribution in [2.75, 3.05) is 6.54 Å². The second-order valence-electron chi connectivity index (χ2n) is 5.19. The van der Waals surface area contributed by atoms with Gasteiger partial charge < -0.3 is 15.4 Å². The summed E-state index contributed by atoms with van der Waals surface area (Å²) in [7, 11) is 0. The van der Waals surface area contributed by atoms with E-state index in [9.17, 15) is 9.59 Å². The van der Waals surface area contributed by atoms with E-state index in [1.54, 1.807) is 6.07 Å². The zero-order chi connectivity index (χ0) is 16.0. The van der Waals surface area contributed by atoms with E-state index < -0.39 is 5.97 Å². The summed E-state index contributed by atoms with van der Waals surface area (Å²) in [4.78, 5) is 25.2. The third kappa shape index (κ3) is 4.45. The molecule has 22 heavy (non-hydrogen) atoms. The molecule has 7 heteroatoms. The summed E-state index contributed by atoms with van der Waals surface area (Å²) < 4.78 is 0. The van der Waals surface area contributed by atoms with Crippen molar-refractivity contribution >= 4 is 11.9 Å². The molecule has 1 aliphatic rings. The number of aromatic amines is 1. The third-order valence-corrected chi connectivity index (χ3v) is 3.50. The van der Waals surface area contributed by atoms with Gasteiger partial charge in [0, 0.05) is 37.9 Å². The monoisotopic (exact) mass is 302 g/mol. The number of nitrogens with one attached hydrogen (secondary N) is 2. The highest BCUT2D eigenvalue weighted by atomic mass is 16.4. The van der Waals surface area contributed by atoms with Gasteiger partial charge in [0.05, 0.1) is 0 Å². The van der Waals surface area contributed by atoms with Crippen LogP contribution in [0.15, 0.2) is 22.4 Å². The lowest BCUT2D eigenvalue weighted by Crippen LogP contribution is -2.28. The number of nitrogens with zero attached hydrogens (tertiary/aromatic N) is 2. The van der Waals surface area contributed by atoms with E-state index in [-0.39, 0.29) is 17.3 Å². The molecule has 1 aromatic rings. The highest BCUT2D eigenvalue weighted by molar-refractivity contribution is 5.85. The normalized spacial score (nSPS) is 14.3. The Morgan fingerprint density at radius 1 is 1.36 bits per heavy atom. The van der Waals surface area contributed by atoms with Crippen molar-refractivity contribution in [3.8, 4) is 12.3 Å². The lowest BCUT2D eigenvalue weighted by atomic mass is 10.0. The average molecular weight is 302 g/mol. The van der Waals surface area contributed by atoms with Crippen molar-refractivity contribution in [1.29, 1.82) is 0 Å². The minimum absolute atomic E-state index is 0.0841. The number of rotatable bonds is 9. The zero-order valence-electron chi connectivity index (χ0n) is 12.1. The topological polar surface area (TPSA) is 107 Å². The van der Waals surface area contributed by atoms with Gasteiger partial charge in [0.2, 0.25) is 5.91 Å². The van der Waals surface area contributed by atoms with Crippen LogP contribution in [0.25, 0.3) is 0 Å². The van der Waals surface area contributed by atoms with Gasteiger partial charge in [-0.1, -0.05) is 0 Å². The first kappa shape index (κ1) is 15.8. The van der Waals surface area contributed by atoms with E-state index in [2.05, 4.69) is 26.4 Å². The van der Waals surface area contributed by atoms with Crippen molar-refractivity contribution in [1.82, 2.24) is 10.3 Å². The maximum atomic E-state index is 11.7. The average Bonchev–Trinajstić information content (AvgIpc) is 3.09. The number of aryl methyl sites for hydroxylation is 1. The molecule has 7 nitrogen and oxygen atoms in total. The number of terminal acetylenes is 1. The van der Waals surface area contributed by atoms with Crippen LogP contribution < -0.4 is 5.32 Å². The molecule has 0 saturated carbocycles. The van der Waals surface area contributed by atoms with Crippen molar-refractivity contribution < 1.29 is 14.7 Å². The van der Waals surface area contributed by atoms with Gasteiger partial charge in [0.15, 0.2) is 5.66 Å². The molecule has 0 radical (unpaired) electrons. The second-order valence-corrected chi connectivity index (χ2v) is 5.19. The second kappa shape index (κ2) is 6.89. The van der Waals surface area contributed by atoms with Gasteiger partial charge in [-0.15, -0.1) is 12.3 Å². The molecule has 0 atom stereocenters. The van der Waals surface area contributed by atoms with Gasteiger partial charge in [0.1, 0.15) is 5.69 Å². The number of amides is 1. The first-order valence-corrected chi connectivity index (χ1v) is 7.10. The highest BCUT2D eigenvalue weighted by Gasteiger charge is 2.38. The number of hydrogen-bond donors (Lipinski definition) is 3. The number of H-pyrrole nitrogens is 1. The number of aromatic nitrogens is 1. The van der Waals surface area contributed by atoms with Crippen LogP contribution in [0.2, 0.25) is 0 Å². The van der Waals surface area contributed by atoms with Crippen molar-refractivity contribution in [3.63, 3.8) is 0 Å². The van der Waals surface area contributed by atoms with Crippen LogP contribution in [-0.2, 0) is 11.2 Å². The van der Waals surface area contributed by atoms with Gasteiger partial charge in [-0.25, -0.2) is 4.79 Å². The predicted octanol–water partition coefficient (Wildman–Crippen LogP) is 1.73. The quantitative estimate of drug-likeness (QED) is 0.604. The largest absolute Gasteiger partial charge is 0.477 e. The molecule has 0 spiro atoms. The lowest BCUT2D eigenvalue weighted by Gasteiger charge is -2.09. The molecule has 1 aromatic heterocycles. The number of carbonyl (C=O) groups excluding carboxylic acids is 1. The fourth-order valence-electron chi connectivity index (χ4n) is 2.12. The summed E-state index contributed by atoms with van der Waals surface area (Å²) in [6.45, 7) is 0.501. The van der Waals surface area contributed by atoms with Crippen molar-refractivity contribution in [3.05, 3.63) is 23.5 Å². The van der Waals surface area contributed by atoms with E-state index in [0.29, 0.717) is 32.2 Å². The SMILES string of the molecule is C#CCCC1(CCNC(=O)CCc2ccc(C(=O)O)[nH]2)N=N1. The summed E-state index contributed by atoms with van der Waals surface area (Å²) in [5.41, 5.74) is 0.475. The Bertz CT molecular complexity index is 621. The van der Waals surface area contributed by atoms with E-state index in [0.717, 1.165) is 12.1 Å². The standard InChI is InChI=1S/C15H18N4O3/c1-2-3-8-15(18-19-15)9-10-16-13(20)7-5-11-4-6-12(17-11)14(21)22/h1,4,6,17H,3,5,7-10H2,(H,16,20)(H,21,22). The van der Waals surface area contributed by atoms with Crippen LogP contribution in [0.5, 0.6) is 0 Å². The predicted molar refractivity (Wildman–Crippen MR) is 79.4 cm³/mol. The summed E-state index contributed by atoms with van der Waals surface area (Å²) in [6, 6.07) is 3.16. The maximum Gasteiger partial charge on any atom is 0.352 e. The smallest absolute Gasteiger partial charge is 0.352 e. The van der Waals surface area contributed by atoms with Gasteiger partial charge in [-0.3, -0.25) is 4.79 Å². The van der Waals surface area contributed by atoms with E-state index in [4.69, 9.17) is 11.5 Å². The van der Waals surface area contributed by atoms with E-state index in [1.807, 2.05) is 0 Å². The summed E-state index contributed by atoms with van der Waals surface area (Å²) in [6.07, 6.45) is 7.98. The molecule has 0 saturated heterocycles. The molecular weight excluding hydrogens is 284 g/mol. The molecule has 0 aliphatic carbocycles. The summed E-state index contributed by atoms with van der Waals surface area (Å²) in [5, 5.41) is 19.6. The van der Waals surface area contributed by atoms with Crippen LogP contribution in [0.1, 0.15) is 41.9 Å². The molecule has 2 rings (SSSR count). The molecule has 0 bridgehead atoms. The van der Waals surface area contributed by atoms with Gasteiger partial charge >= 0.3 is 5.97 Å². The summed E-state index contributed by atoms with van der Waals surface area (Å²) in [5.74, 6) is 1.47. The van der Waals surface area contributed by atoms with Crippen LogP contribution >= 0.6 is 0 Å². The molecule has 1 aliphatic heterocycles. The number of carboxylic acids is 1. The molecule has 116 valence electrons. The number of carboxylic acid groups (broad SMARTS) is 1. The minimum atomic E-state index is -1.01. The van der Waals surface area contributed by atoms with Crippen molar-refractivity contribution in [2.45, 2.75) is 37.8 Å². The molecule has 3 N–H and O–H groups in total. The fraction of sp³-hybridized carbons (Fsp3) is 0.467. The van der Waals surface area contributed by atoms with Gasteiger partial charge in [0.25, 0.3) is 0 Å². The van der Waals surface area contributed by atoms with Crippen LogP contribution in [0, 0.1) is 12.3 Å². The molecule has 2 heterocycles. The Hall–Kier alpha value is -2.62. The molecule has 0 aromatic carbocycles. The van der Waals surface area contributed by atoms with E-state index in [1.165, 1.54) is 6.07 Å². The Labute approximate surface area is 128 Å². The Kier molecular flexibility index (Phi) is 4.94. The maximum absolute atomic E-state index is 11.7. The first-order valence-electron chi connectivity index (χ1n) is 7.10. The summed E-state index contributed by atoms with van der Waals surface area (Å²) >= 11 is 0. The zero-order valence-corrected chi connectivity index (χ0v) is 12.1. The molecular formula is C15H18N4O3. The van der Waals surface area contributed by atoms with Gasteiger partial charge in [-0.2, -0.15) is 10.2 Å². The fourth-order valence-corrected chi connectivity index (χ4v) is 2.12. The molecule has 1 amide bonds. The number of aromatic carboxylic acids is 1. The number of carbonyl (C=O) groups is 2. The Balaban J connectivity index is 1.64. The highest BCUT2D eigenvalue weighted by Crippen LogP contribution is 2.35. The molecule has 0 unspecified atom stereocenters. The van der Waals surface area contributed by atoms with Crippen LogP contribution in [0.3, 0.4) is 0 Å². The van der Waals surface area contributed by atoms with Crippen molar-refractivity contribution in [2.24, 2.45) is 10.2 Å². The minimum Gasteiger partial charge on any atom is -0.477 e. The first-order chi connectivity index (χ1) is 10.5. The van der Waals surface area contributed by atoms with Gasteiger partial charge in [-0.05, 0) is 18.6 Å². The molecule has 0 fully saturated rings. The number of hydrogen-bond acceptors (Lipinski definition) is 4.